The highest BCUT2D eigenvalue weighted by Crippen LogP contribution is 2.54. The number of nitrogens with two attached hydrogens (primary N) is 1. The molecule has 0 spiro atoms. The van der Waals surface area contributed by atoms with Gasteiger partial charge in [0.1, 0.15) is 17.5 Å². The molecule has 3 N–H and O–H groups in total. The molecule has 2 aliphatic rings. The van der Waals surface area contributed by atoms with E-state index < -0.39 is 45.7 Å². The predicted octanol–water partition coefficient (Wildman–Crippen LogP) is 2.24. The second-order valence-electron chi connectivity index (χ2n) is 8.91. The number of nitrogens with zero attached hydrogens (tertiary/aromatic N) is 2. The van der Waals surface area contributed by atoms with E-state index in [1.807, 2.05) is 0 Å². The van der Waals surface area contributed by atoms with Crippen molar-refractivity contribution in [1.29, 1.82) is 0 Å². The number of hydrogen-bond donors (Lipinski definition) is 2. The number of urea groups is 1. The van der Waals surface area contributed by atoms with Gasteiger partial charge in [0.2, 0.25) is 11.8 Å². The van der Waals surface area contributed by atoms with Crippen LogP contribution in [0, 0.1) is 5.92 Å². The standard InChI is InChI=1S/C26H24N4O8S2/c1-36-14-7-5-13(6-8-14)28-17(31)11-29-24-21(40-26(29)35)18(12-4-9-15(37-2)16(10-12)38-3)19-20(39-24)23(33)30(22(19)32)25(27)34/h4-10,18-20H,11H2,1-3H3,(H2,27,34)(H,28,31)/t18-,19?,20?/m0/s1. The third-order valence-corrected chi connectivity index (χ3v) is 9.32. The highest BCUT2D eigenvalue weighted by atomic mass is 32.2. The summed E-state index contributed by atoms with van der Waals surface area (Å²) < 4.78 is 17.2. The smallest absolute Gasteiger partial charge is 0.328 e. The van der Waals surface area contributed by atoms with E-state index in [2.05, 4.69) is 5.32 Å². The molecule has 14 heteroatoms. The van der Waals surface area contributed by atoms with E-state index in [-0.39, 0.29) is 6.54 Å². The van der Waals surface area contributed by atoms with Crippen molar-refractivity contribution in [2.24, 2.45) is 11.7 Å². The lowest BCUT2D eigenvalue weighted by atomic mass is 9.83. The third kappa shape index (κ3) is 4.58. The van der Waals surface area contributed by atoms with Gasteiger partial charge in [-0.25, -0.2) is 4.79 Å². The second kappa shape index (κ2) is 10.7. The average molecular weight is 585 g/mol. The predicted molar refractivity (Wildman–Crippen MR) is 146 cm³/mol. The molecule has 3 atom stereocenters. The number of fused-ring (bicyclic) bond motifs is 2. The van der Waals surface area contributed by atoms with Gasteiger partial charge >= 0.3 is 10.9 Å². The summed E-state index contributed by atoms with van der Waals surface area (Å²) in [5, 5.41) is 2.08. The SMILES string of the molecule is COc1ccc(NC(=O)Cn2c3c(sc2=O)[C@@H](c2ccc(OC)c(OC)c2)C2C(=O)N(C(N)=O)C(=O)C2S3)cc1. The number of thiazole rings is 1. The molecule has 3 aromatic rings. The molecule has 12 nitrogen and oxygen atoms in total. The fraction of sp³-hybridized carbons (Fsp3) is 0.269. The second-order valence-corrected chi connectivity index (χ2v) is 11.0. The largest absolute Gasteiger partial charge is 0.497 e. The van der Waals surface area contributed by atoms with Crippen molar-refractivity contribution in [3.8, 4) is 17.2 Å². The molecule has 1 fully saturated rings. The fourth-order valence-corrected chi connectivity index (χ4v) is 7.67. The molecule has 0 bridgehead atoms. The van der Waals surface area contributed by atoms with Crippen molar-refractivity contribution < 1.29 is 33.4 Å². The first-order valence-corrected chi connectivity index (χ1v) is 13.6. The summed E-state index contributed by atoms with van der Waals surface area (Å²) >= 11 is 1.86. The van der Waals surface area contributed by atoms with Crippen molar-refractivity contribution in [3.63, 3.8) is 0 Å². The Kier molecular flexibility index (Phi) is 7.29. The summed E-state index contributed by atoms with van der Waals surface area (Å²) in [5.41, 5.74) is 6.45. The van der Waals surface area contributed by atoms with E-state index in [0.29, 0.717) is 43.3 Å². The van der Waals surface area contributed by atoms with Gasteiger partial charge in [0.15, 0.2) is 11.5 Å². The minimum Gasteiger partial charge on any atom is -0.497 e. The van der Waals surface area contributed by atoms with Crippen LogP contribution in [0.4, 0.5) is 10.5 Å². The number of anilines is 1. The molecular weight excluding hydrogens is 560 g/mol. The zero-order valence-corrected chi connectivity index (χ0v) is 23.2. The van der Waals surface area contributed by atoms with Crippen LogP contribution in [0.1, 0.15) is 16.4 Å². The van der Waals surface area contributed by atoms with E-state index >= 15 is 0 Å². The Hall–Kier alpha value is -4.30. The van der Waals surface area contributed by atoms with Crippen molar-refractivity contribution >= 4 is 52.5 Å². The van der Waals surface area contributed by atoms with Crippen LogP contribution in [-0.4, -0.2) is 59.8 Å². The average Bonchev–Trinajstić information content (AvgIpc) is 3.39. The highest BCUT2D eigenvalue weighted by molar-refractivity contribution is 8.00. The van der Waals surface area contributed by atoms with E-state index in [4.69, 9.17) is 19.9 Å². The Balaban J connectivity index is 1.56. The number of aromatic nitrogens is 1. The van der Waals surface area contributed by atoms with Crippen molar-refractivity contribution in [2.45, 2.75) is 22.7 Å². The van der Waals surface area contributed by atoms with Crippen LogP contribution in [0.5, 0.6) is 17.2 Å². The van der Waals surface area contributed by atoms with Gasteiger partial charge in [-0.15, -0.1) is 0 Å². The molecule has 208 valence electrons. The number of hydrogen-bond acceptors (Lipinski definition) is 10. The first kappa shape index (κ1) is 27.3. The highest BCUT2D eigenvalue weighted by Gasteiger charge is 2.58. The summed E-state index contributed by atoms with van der Waals surface area (Å²) in [6.07, 6.45) is 0. The lowest BCUT2D eigenvalue weighted by Crippen LogP contribution is -2.41. The van der Waals surface area contributed by atoms with E-state index in [1.54, 1.807) is 42.5 Å². The summed E-state index contributed by atoms with van der Waals surface area (Å²) in [4.78, 5) is 65.2. The van der Waals surface area contributed by atoms with Gasteiger partial charge in [-0.05, 0) is 42.0 Å². The van der Waals surface area contributed by atoms with Crippen LogP contribution in [0.3, 0.4) is 0 Å². The van der Waals surface area contributed by atoms with Crippen molar-refractivity contribution in [3.05, 3.63) is 62.6 Å². The zero-order valence-electron chi connectivity index (χ0n) is 21.5. The molecule has 2 unspecified atom stereocenters. The Bertz CT molecular complexity index is 1580. The monoisotopic (exact) mass is 584 g/mol. The first-order chi connectivity index (χ1) is 19.2. The number of benzene rings is 2. The molecule has 1 saturated heterocycles. The number of carbonyl (C=O) groups is 4. The molecule has 2 aromatic carbocycles. The van der Waals surface area contributed by atoms with Crippen molar-refractivity contribution in [2.75, 3.05) is 26.6 Å². The molecule has 1 aromatic heterocycles. The Labute approximate surface area is 236 Å². The molecule has 5 amide bonds. The van der Waals surface area contributed by atoms with Gasteiger partial charge in [-0.3, -0.25) is 23.7 Å². The van der Waals surface area contributed by atoms with E-state index in [1.165, 1.54) is 25.9 Å². The van der Waals surface area contributed by atoms with E-state index in [0.717, 1.165) is 23.1 Å². The Morgan fingerprint density at radius 1 is 0.950 bits per heavy atom. The number of likely N-dealkylation sites (tertiary alicyclic amines) is 1. The van der Waals surface area contributed by atoms with Gasteiger partial charge in [-0.1, -0.05) is 29.2 Å². The minimum absolute atomic E-state index is 0.332. The number of imide groups is 3. The van der Waals surface area contributed by atoms with Gasteiger partial charge in [0.25, 0.3) is 5.91 Å². The Morgan fingerprint density at radius 3 is 2.27 bits per heavy atom. The maximum Gasteiger partial charge on any atom is 0.328 e. The number of amides is 5. The number of primary amides is 1. The molecule has 40 heavy (non-hydrogen) atoms. The Morgan fingerprint density at radius 2 is 1.65 bits per heavy atom. The van der Waals surface area contributed by atoms with Crippen molar-refractivity contribution in [1.82, 2.24) is 9.47 Å². The molecule has 2 aliphatic heterocycles. The first-order valence-electron chi connectivity index (χ1n) is 11.9. The summed E-state index contributed by atoms with van der Waals surface area (Å²) in [6.45, 7) is -0.332. The van der Waals surface area contributed by atoms with Crippen LogP contribution in [-0.2, 0) is 20.9 Å². The maximum atomic E-state index is 13.4. The number of carbonyl (C=O) groups excluding carboxylic acids is 4. The number of ether oxygens (including phenoxy) is 3. The molecule has 0 saturated carbocycles. The molecule has 0 aliphatic carbocycles. The van der Waals surface area contributed by atoms with Crippen LogP contribution < -0.4 is 30.1 Å². The summed E-state index contributed by atoms with van der Waals surface area (Å²) in [7, 11) is 4.47. The van der Waals surface area contributed by atoms with Gasteiger partial charge in [0.05, 0.1) is 32.3 Å². The lowest BCUT2D eigenvalue weighted by Gasteiger charge is -2.31. The quantitative estimate of drug-likeness (QED) is 0.397. The number of rotatable bonds is 7. The number of methoxy groups -OCH3 is 3. The van der Waals surface area contributed by atoms with E-state index in [9.17, 15) is 24.0 Å². The van der Waals surface area contributed by atoms with Crippen LogP contribution in [0.15, 0.2) is 52.3 Å². The lowest BCUT2D eigenvalue weighted by molar-refractivity contribution is -0.135. The summed E-state index contributed by atoms with van der Waals surface area (Å²) in [6, 6.07) is 10.5. The minimum atomic E-state index is -1.17. The topological polar surface area (TPSA) is 159 Å². The summed E-state index contributed by atoms with van der Waals surface area (Å²) in [5.74, 6) is -2.32. The molecule has 0 radical (unpaired) electrons. The number of nitrogens with one attached hydrogen (secondary N) is 1. The normalized spacial score (nSPS) is 19.6. The third-order valence-electron chi connectivity index (χ3n) is 6.71. The number of thioether (sulfide) groups is 1. The molecule has 5 rings (SSSR count). The van der Waals surface area contributed by atoms with Crippen LogP contribution in [0.25, 0.3) is 0 Å². The molecule has 3 heterocycles. The van der Waals surface area contributed by atoms with Gasteiger partial charge < -0.3 is 25.3 Å². The van der Waals surface area contributed by atoms with Crippen LogP contribution in [0.2, 0.25) is 0 Å². The van der Waals surface area contributed by atoms with Crippen LogP contribution >= 0.6 is 23.1 Å². The van der Waals surface area contributed by atoms with Gasteiger partial charge in [-0.2, -0.15) is 4.90 Å². The maximum absolute atomic E-state index is 13.4. The fourth-order valence-electron chi connectivity index (χ4n) is 4.90. The van der Waals surface area contributed by atoms with Gasteiger partial charge in [0, 0.05) is 16.5 Å². The molecular formula is C26H24N4O8S2. The zero-order chi connectivity index (χ0) is 28.7.